The highest BCUT2D eigenvalue weighted by Gasteiger charge is 2.17. The van der Waals surface area contributed by atoms with E-state index in [1.807, 2.05) is 29.2 Å². The SMILES string of the molecule is CC(C)n1cc(-c2cccc3[nH]ncc23)c(-c2ccc3cn[nH]c3c2)n1. The lowest BCUT2D eigenvalue weighted by Crippen LogP contribution is -2.00. The van der Waals surface area contributed by atoms with Crippen molar-refractivity contribution in [3.63, 3.8) is 0 Å². The van der Waals surface area contributed by atoms with Crippen molar-refractivity contribution in [2.24, 2.45) is 0 Å². The Morgan fingerprint density at radius 2 is 1.77 bits per heavy atom. The number of hydrogen-bond acceptors (Lipinski definition) is 3. The van der Waals surface area contributed by atoms with E-state index in [0.29, 0.717) is 0 Å². The molecule has 2 N–H and O–H groups in total. The Labute approximate surface area is 149 Å². The van der Waals surface area contributed by atoms with Crippen LogP contribution in [0.1, 0.15) is 19.9 Å². The number of aromatic nitrogens is 6. The monoisotopic (exact) mass is 342 g/mol. The summed E-state index contributed by atoms with van der Waals surface area (Å²) >= 11 is 0. The Morgan fingerprint density at radius 1 is 0.923 bits per heavy atom. The van der Waals surface area contributed by atoms with E-state index >= 15 is 0 Å². The second-order valence-electron chi connectivity index (χ2n) is 6.77. The Morgan fingerprint density at radius 3 is 2.65 bits per heavy atom. The fraction of sp³-hybridized carbons (Fsp3) is 0.150. The Kier molecular flexibility index (Phi) is 3.18. The molecule has 0 saturated carbocycles. The Bertz CT molecular complexity index is 1220. The first-order valence-corrected chi connectivity index (χ1v) is 8.66. The molecule has 6 nitrogen and oxygen atoms in total. The molecule has 3 heterocycles. The van der Waals surface area contributed by atoms with E-state index in [2.05, 4.69) is 64.7 Å². The van der Waals surface area contributed by atoms with Gasteiger partial charge in [-0.2, -0.15) is 15.3 Å². The molecule has 5 rings (SSSR count). The van der Waals surface area contributed by atoms with E-state index in [0.717, 1.165) is 44.2 Å². The maximum Gasteiger partial charge on any atom is 0.100 e. The van der Waals surface area contributed by atoms with Crippen molar-refractivity contribution in [1.82, 2.24) is 30.2 Å². The van der Waals surface area contributed by atoms with Crippen molar-refractivity contribution in [2.75, 3.05) is 0 Å². The summed E-state index contributed by atoms with van der Waals surface area (Å²) in [6, 6.07) is 12.8. The van der Waals surface area contributed by atoms with Crippen LogP contribution in [-0.2, 0) is 0 Å². The highest BCUT2D eigenvalue weighted by molar-refractivity contribution is 5.98. The van der Waals surface area contributed by atoms with Gasteiger partial charge in [0.15, 0.2) is 0 Å². The van der Waals surface area contributed by atoms with Crippen LogP contribution in [-0.4, -0.2) is 30.2 Å². The van der Waals surface area contributed by atoms with Crippen molar-refractivity contribution in [3.05, 3.63) is 55.0 Å². The molecule has 2 aromatic carbocycles. The fourth-order valence-corrected chi connectivity index (χ4v) is 3.35. The second-order valence-corrected chi connectivity index (χ2v) is 6.77. The summed E-state index contributed by atoms with van der Waals surface area (Å²) in [5.74, 6) is 0. The van der Waals surface area contributed by atoms with Crippen molar-refractivity contribution >= 4 is 21.8 Å². The summed E-state index contributed by atoms with van der Waals surface area (Å²) in [6.45, 7) is 4.27. The van der Waals surface area contributed by atoms with E-state index in [9.17, 15) is 0 Å². The van der Waals surface area contributed by atoms with E-state index in [1.165, 1.54) is 0 Å². The second kappa shape index (κ2) is 5.56. The van der Waals surface area contributed by atoms with Crippen molar-refractivity contribution < 1.29 is 0 Å². The highest BCUT2D eigenvalue weighted by atomic mass is 15.3. The molecule has 0 radical (unpaired) electrons. The van der Waals surface area contributed by atoms with Gasteiger partial charge in [0.2, 0.25) is 0 Å². The molecular formula is C20H18N6. The third-order valence-electron chi connectivity index (χ3n) is 4.75. The molecule has 0 bridgehead atoms. The molecule has 5 aromatic rings. The Balaban J connectivity index is 1.78. The minimum atomic E-state index is 0.280. The zero-order valence-corrected chi connectivity index (χ0v) is 14.6. The number of fused-ring (bicyclic) bond motifs is 2. The lowest BCUT2D eigenvalue weighted by Gasteiger charge is -2.04. The quantitative estimate of drug-likeness (QED) is 0.505. The third kappa shape index (κ3) is 2.23. The van der Waals surface area contributed by atoms with Gasteiger partial charge in [0.05, 0.1) is 23.4 Å². The number of hydrogen-bond donors (Lipinski definition) is 2. The van der Waals surface area contributed by atoms with Gasteiger partial charge in [-0.3, -0.25) is 14.9 Å². The molecule has 3 aromatic heterocycles. The molecule has 0 aliphatic rings. The average molecular weight is 342 g/mol. The highest BCUT2D eigenvalue weighted by Crippen LogP contribution is 2.36. The van der Waals surface area contributed by atoms with Crippen LogP contribution in [0.5, 0.6) is 0 Å². The molecule has 0 atom stereocenters. The van der Waals surface area contributed by atoms with Crippen LogP contribution in [0.4, 0.5) is 0 Å². The minimum absolute atomic E-state index is 0.280. The first kappa shape index (κ1) is 14.9. The Hall–Kier alpha value is -3.41. The van der Waals surface area contributed by atoms with Crippen molar-refractivity contribution in [2.45, 2.75) is 19.9 Å². The number of nitrogens with zero attached hydrogens (tertiary/aromatic N) is 4. The van der Waals surface area contributed by atoms with E-state index in [1.54, 1.807) is 0 Å². The van der Waals surface area contributed by atoms with Crippen molar-refractivity contribution in [1.29, 1.82) is 0 Å². The lowest BCUT2D eigenvalue weighted by molar-refractivity contribution is 0.534. The zero-order chi connectivity index (χ0) is 17.7. The number of aromatic amines is 2. The first-order chi connectivity index (χ1) is 12.7. The van der Waals surface area contributed by atoms with Crippen LogP contribution in [0.25, 0.3) is 44.2 Å². The van der Waals surface area contributed by atoms with Crippen LogP contribution >= 0.6 is 0 Å². The number of nitrogens with one attached hydrogen (secondary N) is 2. The molecule has 128 valence electrons. The summed E-state index contributed by atoms with van der Waals surface area (Å²) in [5, 5.41) is 21.5. The minimum Gasteiger partial charge on any atom is -0.278 e. The van der Waals surface area contributed by atoms with Gasteiger partial charge < -0.3 is 0 Å². The summed E-state index contributed by atoms with van der Waals surface area (Å²) in [5.41, 5.74) is 6.29. The molecule has 26 heavy (non-hydrogen) atoms. The standard InChI is InChI=1S/C20H18N6/c1-12(2)26-11-17(15-4-3-5-18-16(15)10-22-23-18)20(25-26)13-6-7-14-9-21-24-19(14)8-13/h3-12H,1-2H3,(H,21,24)(H,22,23). The van der Waals surface area contributed by atoms with E-state index in [4.69, 9.17) is 5.10 Å². The van der Waals surface area contributed by atoms with Gasteiger partial charge in [-0.25, -0.2) is 0 Å². The topological polar surface area (TPSA) is 75.2 Å². The summed E-state index contributed by atoms with van der Waals surface area (Å²) in [7, 11) is 0. The van der Waals surface area contributed by atoms with Gasteiger partial charge in [0.1, 0.15) is 5.69 Å². The number of rotatable bonds is 3. The molecule has 0 saturated heterocycles. The molecular weight excluding hydrogens is 324 g/mol. The average Bonchev–Trinajstić information content (AvgIpc) is 3.38. The molecule has 6 heteroatoms. The summed E-state index contributed by atoms with van der Waals surface area (Å²) in [4.78, 5) is 0. The molecule has 0 fully saturated rings. The number of benzene rings is 2. The fourth-order valence-electron chi connectivity index (χ4n) is 3.35. The number of H-pyrrole nitrogens is 2. The van der Waals surface area contributed by atoms with Gasteiger partial charge in [0.25, 0.3) is 0 Å². The van der Waals surface area contributed by atoms with Gasteiger partial charge in [-0.15, -0.1) is 0 Å². The third-order valence-corrected chi connectivity index (χ3v) is 4.75. The maximum atomic E-state index is 4.89. The predicted octanol–water partition coefficient (Wildman–Crippen LogP) is 4.55. The predicted molar refractivity (Wildman–Crippen MR) is 103 cm³/mol. The molecule has 0 unspecified atom stereocenters. The van der Waals surface area contributed by atoms with Gasteiger partial charge in [0, 0.05) is 34.1 Å². The van der Waals surface area contributed by atoms with E-state index < -0.39 is 0 Å². The van der Waals surface area contributed by atoms with Crippen LogP contribution in [0, 0.1) is 0 Å². The lowest BCUT2D eigenvalue weighted by atomic mass is 9.98. The molecule has 0 aliphatic heterocycles. The van der Waals surface area contributed by atoms with Crippen molar-refractivity contribution in [3.8, 4) is 22.4 Å². The summed E-state index contributed by atoms with van der Waals surface area (Å²) < 4.78 is 2.01. The molecule has 0 amide bonds. The molecule has 0 spiro atoms. The largest absolute Gasteiger partial charge is 0.278 e. The summed E-state index contributed by atoms with van der Waals surface area (Å²) in [6.07, 6.45) is 5.83. The normalized spacial score (nSPS) is 11.8. The maximum absolute atomic E-state index is 4.89. The van der Waals surface area contributed by atoms with E-state index in [-0.39, 0.29) is 6.04 Å². The first-order valence-electron chi connectivity index (χ1n) is 8.66. The van der Waals surface area contributed by atoms with Gasteiger partial charge >= 0.3 is 0 Å². The van der Waals surface area contributed by atoms with Gasteiger partial charge in [-0.1, -0.05) is 24.3 Å². The van der Waals surface area contributed by atoms with Crippen LogP contribution < -0.4 is 0 Å². The van der Waals surface area contributed by atoms with Gasteiger partial charge in [-0.05, 0) is 31.5 Å². The van der Waals surface area contributed by atoms with Crippen LogP contribution in [0.3, 0.4) is 0 Å². The smallest absolute Gasteiger partial charge is 0.100 e. The zero-order valence-electron chi connectivity index (χ0n) is 14.6. The van der Waals surface area contributed by atoms with Crippen LogP contribution in [0.15, 0.2) is 55.0 Å². The van der Waals surface area contributed by atoms with Crippen LogP contribution in [0.2, 0.25) is 0 Å². The molecule has 0 aliphatic carbocycles.